The average Bonchev–Trinajstić information content (AvgIpc) is 3.12. The van der Waals surface area contributed by atoms with Crippen molar-refractivity contribution in [2.75, 3.05) is 26.6 Å². The van der Waals surface area contributed by atoms with Gasteiger partial charge in [-0.05, 0) is 30.3 Å². The Hall–Kier alpha value is -3.28. The van der Waals surface area contributed by atoms with Gasteiger partial charge in [-0.15, -0.1) is 0 Å². The maximum absolute atomic E-state index is 5.56. The predicted molar refractivity (Wildman–Crippen MR) is 98.6 cm³/mol. The van der Waals surface area contributed by atoms with E-state index >= 15 is 0 Å². The van der Waals surface area contributed by atoms with E-state index in [1.807, 2.05) is 55.7 Å². The number of imidazole rings is 1. The van der Waals surface area contributed by atoms with E-state index in [0.717, 1.165) is 45.3 Å². The zero-order valence-corrected chi connectivity index (χ0v) is 14.3. The van der Waals surface area contributed by atoms with Crippen molar-refractivity contribution in [3.05, 3.63) is 48.7 Å². The lowest BCUT2D eigenvalue weighted by Gasteiger charge is -2.12. The largest absolute Gasteiger partial charge is 0.497 e. The summed E-state index contributed by atoms with van der Waals surface area (Å²) >= 11 is 0. The van der Waals surface area contributed by atoms with Crippen LogP contribution >= 0.6 is 0 Å². The molecule has 4 rings (SSSR count). The van der Waals surface area contributed by atoms with Crippen molar-refractivity contribution >= 4 is 22.5 Å². The number of anilines is 1. The van der Waals surface area contributed by atoms with Crippen molar-refractivity contribution in [3.63, 3.8) is 0 Å². The lowest BCUT2D eigenvalue weighted by molar-refractivity contribution is 0.404. The van der Waals surface area contributed by atoms with Crippen LogP contribution in [0.5, 0.6) is 11.5 Å². The summed E-state index contributed by atoms with van der Waals surface area (Å²) in [6.45, 7) is 0. The molecule has 0 radical (unpaired) electrons. The van der Waals surface area contributed by atoms with Gasteiger partial charge in [0, 0.05) is 12.6 Å². The first kappa shape index (κ1) is 15.3. The molecule has 0 spiro atoms. The number of para-hydroxylation sites is 2. The molecule has 6 nitrogen and oxygen atoms in total. The van der Waals surface area contributed by atoms with Gasteiger partial charge in [0.15, 0.2) is 11.5 Å². The van der Waals surface area contributed by atoms with Crippen LogP contribution in [-0.2, 0) is 0 Å². The molecule has 0 fully saturated rings. The average molecular weight is 334 g/mol. The Labute approximate surface area is 145 Å². The summed E-state index contributed by atoms with van der Waals surface area (Å²) in [5.41, 5.74) is 4.46. The van der Waals surface area contributed by atoms with Gasteiger partial charge < -0.3 is 14.8 Å². The van der Waals surface area contributed by atoms with Gasteiger partial charge in [-0.3, -0.25) is 4.40 Å². The topological polar surface area (TPSA) is 60.7 Å². The Morgan fingerprint density at radius 2 is 1.88 bits per heavy atom. The number of rotatable bonds is 4. The van der Waals surface area contributed by atoms with Crippen molar-refractivity contribution < 1.29 is 9.47 Å². The molecule has 0 unspecified atom stereocenters. The molecule has 2 aromatic heterocycles. The van der Waals surface area contributed by atoms with E-state index in [4.69, 9.17) is 9.47 Å². The zero-order chi connectivity index (χ0) is 17.4. The van der Waals surface area contributed by atoms with Crippen LogP contribution in [-0.4, -0.2) is 35.6 Å². The Morgan fingerprint density at radius 3 is 2.64 bits per heavy atom. The fraction of sp³-hybridized carbons (Fsp3) is 0.158. The van der Waals surface area contributed by atoms with Crippen LogP contribution < -0.4 is 14.8 Å². The van der Waals surface area contributed by atoms with Crippen LogP contribution in [0.1, 0.15) is 0 Å². The molecule has 0 bridgehead atoms. The lowest BCUT2D eigenvalue weighted by atomic mass is 10.1. The van der Waals surface area contributed by atoms with Gasteiger partial charge in [-0.25, -0.2) is 9.97 Å². The van der Waals surface area contributed by atoms with E-state index in [-0.39, 0.29) is 0 Å². The number of nitrogens with one attached hydrogen (secondary N) is 1. The van der Waals surface area contributed by atoms with E-state index in [1.165, 1.54) is 0 Å². The molecular formula is C19H18N4O2. The highest BCUT2D eigenvalue weighted by Crippen LogP contribution is 2.36. The highest BCUT2D eigenvalue weighted by molar-refractivity contribution is 5.87. The summed E-state index contributed by atoms with van der Waals surface area (Å²) in [7, 11) is 5.16. The lowest BCUT2D eigenvalue weighted by Crippen LogP contribution is -2.01. The second-order valence-electron chi connectivity index (χ2n) is 5.57. The molecule has 25 heavy (non-hydrogen) atoms. The Kier molecular flexibility index (Phi) is 3.65. The van der Waals surface area contributed by atoms with Crippen LogP contribution in [0.15, 0.2) is 48.7 Å². The molecule has 0 aliphatic rings. The first-order chi connectivity index (χ1) is 12.3. The van der Waals surface area contributed by atoms with Crippen molar-refractivity contribution in [2.45, 2.75) is 0 Å². The van der Waals surface area contributed by atoms with E-state index < -0.39 is 0 Å². The van der Waals surface area contributed by atoms with E-state index in [9.17, 15) is 0 Å². The second-order valence-corrected chi connectivity index (χ2v) is 5.57. The normalized spacial score (nSPS) is 11.0. The molecule has 0 saturated heterocycles. The van der Waals surface area contributed by atoms with Crippen LogP contribution in [0.3, 0.4) is 0 Å². The molecule has 0 saturated carbocycles. The number of fused-ring (bicyclic) bond motifs is 3. The summed E-state index contributed by atoms with van der Waals surface area (Å²) in [5.74, 6) is 2.25. The SMILES string of the molecule is CNc1nc2ccccc2n2c(-c3cc(OC)ccc3OC)cnc12. The quantitative estimate of drug-likeness (QED) is 0.618. The van der Waals surface area contributed by atoms with Crippen LogP contribution in [0.2, 0.25) is 0 Å². The predicted octanol–water partition coefficient (Wildman–Crippen LogP) is 3.61. The molecule has 6 heteroatoms. The second kappa shape index (κ2) is 5.98. The molecule has 4 aromatic rings. The summed E-state index contributed by atoms with van der Waals surface area (Å²) in [4.78, 5) is 9.24. The number of methoxy groups -OCH3 is 2. The molecule has 1 N–H and O–H groups in total. The number of aromatic nitrogens is 3. The fourth-order valence-corrected chi connectivity index (χ4v) is 3.05. The molecular weight excluding hydrogens is 316 g/mol. The maximum atomic E-state index is 5.56. The van der Waals surface area contributed by atoms with Gasteiger partial charge in [0.1, 0.15) is 11.5 Å². The minimum Gasteiger partial charge on any atom is -0.497 e. The summed E-state index contributed by atoms with van der Waals surface area (Å²) < 4.78 is 13.0. The number of nitrogens with zero attached hydrogens (tertiary/aromatic N) is 3. The third-order valence-electron chi connectivity index (χ3n) is 4.25. The van der Waals surface area contributed by atoms with E-state index in [2.05, 4.69) is 19.7 Å². The van der Waals surface area contributed by atoms with Crippen LogP contribution in [0.25, 0.3) is 27.9 Å². The molecule has 2 aromatic carbocycles. The van der Waals surface area contributed by atoms with Crippen LogP contribution in [0, 0.1) is 0 Å². The Balaban J connectivity index is 2.12. The van der Waals surface area contributed by atoms with Gasteiger partial charge >= 0.3 is 0 Å². The number of hydrogen-bond donors (Lipinski definition) is 1. The van der Waals surface area contributed by atoms with Crippen molar-refractivity contribution in [1.29, 1.82) is 0 Å². The monoisotopic (exact) mass is 334 g/mol. The van der Waals surface area contributed by atoms with Crippen molar-refractivity contribution in [2.24, 2.45) is 0 Å². The molecule has 2 heterocycles. The van der Waals surface area contributed by atoms with E-state index in [1.54, 1.807) is 14.2 Å². The highest BCUT2D eigenvalue weighted by Gasteiger charge is 2.17. The van der Waals surface area contributed by atoms with Gasteiger partial charge in [-0.2, -0.15) is 0 Å². The highest BCUT2D eigenvalue weighted by atomic mass is 16.5. The standard InChI is InChI=1S/C19H18N4O2/c1-20-18-19-21-11-16(13-10-12(24-2)8-9-17(13)25-3)23(19)15-7-5-4-6-14(15)22-18/h4-11H,1-3H3,(H,20,22). The smallest absolute Gasteiger partial charge is 0.181 e. The van der Waals surface area contributed by atoms with Gasteiger partial charge in [0.25, 0.3) is 0 Å². The van der Waals surface area contributed by atoms with E-state index in [0.29, 0.717) is 0 Å². The third-order valence-corrected chi connectivity index (χ3v) is 4.25. The third kappa shape index (κ3) is 2.34. The molecule has 126 valence electrons. The number of hydrogen-bond acceptors (Lipinski definition) is 5. The molecule has 0 aliphatic heterocycles. The van der Waals surface area contributed by atoms with Crippen molar-refractivity contribution in [3.8, 4) is 22.8 Å². The van der Waals surface area contributed by atoms with Gasteiger partial charge in [-0.1, -0.05) is 12.1 Å². The number of benzene rings is 2. The summed E-state index contributed by atoms with van der Waals surface area (Å²) in [6, 6.07) is 13.7. The first-order valence-corrected chi connectivity index (χ1v) is 7.93. The van der Waals surface area contributed by atoms with Gasteiger partial charge in [0.05, 0.1) is 37.1 Å². The molecule has 0 amide bonds. The first-order valence-electron chi connectivity index (χ1n) is 7.93. The zero-order valence-electron chi connectivity index (χ0n) is 14.3. The fourth-order valence-electron chi connectivity index (χ4n) is 3.05. The summed E-state index contributed by atoms with van der Waals surface area (Å²) in [6.07, 6.45) is 1.83. The van der Waals surface area contributed by atoms with Crippen molar-refractivity contribution in [1.82, 2.24) is 14.4 Å². The van der Waals surface area contributed by atoms with Crippen LogP contribution in [0.4, 0.5) is 5.82 Å². The Morgan fingerprint density at radius 1 is 1.04 bits per heavy atom. The molecule has 0 aliphatic carbocycles. The number of ether oxygens (including phenoxy) is 2. The van der Waals surface area contributed by atoms with Gasteiger partial charge in [0.2, 0.25) is 0 Å². The molecule has 0 atom stereocenters. The Bertz CT molecular complexity index is 1070. The maximum Gasteiger partial charge on any atom is 0.181 e. The summed E-state index contributed by atoms with van der Waals surface area (Å²) in [5, 5.41) is 3.13. The minimum absolute atomic E-state index is 0.729. The minimum atomic E-state index is 0.729.